The first-order valence-electron chi connectivity index (χ1n) is 7.06. The van der Waals surface area contributed by atoms with E-state index in [2.05, 4.69) is 24.3 Å². The van der Waals surface area contributed by atoms with Crippen LogP contribution in [0.1, 0.15) is 55.0 Å². The maximum absolute atomic E-state index is 6.63. The zero-order valence-electron chi connectivity index (χ0n) is 10.4. The third kappa shape index (κ3) is 2.38. The van der Waals surface area contributed by atoms with E-state index in [0.29, 0.717) is 5.92 Å². The lowest BCUT2D eigenvalue weighted by atomic mass is 9.82. The molecule has 1 aromatic rings. The topological polar surface area (TPSA) is 0 Å². The van der Waals surface area contributed by atoms with Crippen molar-refractivity contribution in [1.82, 2.24) is 0 Å². The van der Waals surface area contributed by atoms with Gasteiger partial charge in [-0.3, -0.25) is 0 Å². The quantitative estimate of drug-likeness (QED) is 0.638. The standard InChI is InChI=1S/C16H21Cl/c17-16-14(10-12-6-2-1-3-7-12)11-13-8-4-5-9-15(13)16/h4-5,8-9,12,14,16H,1-3,6-7,10-11H2. The van der Waals surface area contributed by atoms with Crippen molar-refractivity contribution in [1.29, 1.82) is 0 Å². The van der Waals surface area contributed by atoms with Crippen LogP contribution >= 0.6 is 11.6 Å². The average molecular weight is 249 g/mol. The Kier molecular flexibility index (Phi) is 3.42. The molecule has 0 bridgehead atoms. The van der Waals surface area contributed by atoms with Gasteiger partial charge >= 0.3 is 0 Å². The Bertz CT molecular complexity index is 379. The molecule has 0 amide bonds. The molecule has 2 atom stereocenters. The average Bonchev–Trinajstić information content (AvgIpc) is 2.68. The molecular formula is C16H21Cl. The SMILES string of the molecule is ClC1c2ccccc2CC1CC1CCCCC1. The van der Waals surface area contributed by atoms with Gasteiger partial charge in [-0.05, 0) is 35.8 Å². The third-order valence-electron chi connectivity index (χ3n) is 4.61. The number of hydrogen-bond donors (Lipinski definition) is 0. The minimum absolute atomic E-state index is 0.271. The second-order valence-corrected chi connectivity index (χ2v) is 6.27. The molecule has 0 aliphatic heterocycles. The van der Waals surface area contributed by atoms with Crippen molar-refractivity contribution in [2.75, 3.05) is 0 Å². The largest absolute Gasteiger partial charge is 0.117 e. The molecule has 2 aliphatic carbocycles. The molecule has 1 fully saturated rings. The molecule has 0 radical (unpaired) electrons. The maximum Gasteiger partial charge on any atom is 0.0619 e. The van der Waals surface area contributed by atoms with E-state index >= 15 is 0 Å². The molecule has 1 saturated carbocycles. The Balaban J connectivity index is 1.67. The summed E-state index contributed by atoms with van der Waals surface area (Å²) in [6.07, 6.45) is 9.77. The number of fused-ring (bicyclic) bond motifs is 1. The number of alkyl halides is 1. The van der Waals surface area contributed by atoms with Crippen LogP contribution in [0.4, 0.5) is 0 Å². The van der Waals surface area contributed by atoms with Crippen molar-refractivity contribution in [3.8, 4) is 0 Å². The fourth-order valence-corrected chi connectivity index (χ4v) is 4.09. The summed E-state index contributed by atoms with van der Waals surface area (Å²) >= 11 is 6.63. The highest BCUT2D eigenvalue weighted by Crippen LogP contribution is 2.45. The summed E-state index contributed by atoms with van der Waals surface area (Å²) in [5, 5.41) is 0.271. The maximum atomic E-state index is 6.63. The summed E-state index contributed by atoms with van der Waals surface area (Å²) in [7, 11) is 0. The van der Waals surface area contributed by atoms with Gasteiger partial charge in [0.25, 0.3) is 0 Å². The third-order valence-corrected chi connectivity index (χ3v) is 5.20. The van der Waals surface area contributed by atoms with Gasteiger partial charge in [0.2, 0.25) is 0 Å². The van der Waals surface area contributed by atoms with Gasteiger partial charge in [-0.15, -0.1) is 11.6 Å². The Morgan fingerprint density at radius 3 is 2.59 bits per heavy atom. The molecule has 0 saturated heterocycles. The van der Waals surface area contributed by atoms with E-state index in [1.54, 1.807) is 0 Å². The predicted octanol–water partition coefficient (Wildman–Crippen LogP) is 5.11. The molecule has 1 heteroatoms. The van der Waals surface area contributed by atoms with Gasteiger partial charge in [-0.25, -0.2) is 0 Å². The van der Waals surface area contributed by atoms with Gasteiger partial charge in [0.05, 0.1) is 5.38 Å². The van der Waals surface area contributed by atoms with Crippen LogP contribution in [-0.2, 0) is 6.42 Å². The number of rotatable bonds is 2. The van der Waals surface area contributed by atoms with Crippen LogP contribution in [0.3, 0.4) is 0 Å². The van der Waals surface area contributed by atoms with Gasteiger partial charge in [0.1, 0.15) is 0 Å². The molecule has 17 heavy (non-hydrogen) atoms. The minimum atomic E-state index is 0.271. The summed E-state index contributed by atoms with van der Waals surface area (Å²) in [6, 6.07) is 8.74. The van der Waals surface area contributed by atoms with Gasteiger partial charge in [0, 0.05) is 0 Å². The van der Waals surface area contributed by atoms with E-state index < -0.39 is 0 Å². The highest BCUT2D eigenvalue weighted by molar-refractivity contribution is 6.21. The van der Waals surface area contributed by atoms with Gasteiger partial charge in [0.15, 0.2) is 0 Å². The minimum Gasteiger partial charge on any atom is -0.117 e. The fraction of sp³-hybridized carbons (Fsp3) is 0.625. The lowest BCUT2D eigenvalue weighted by molar-refractivity contribution is 0.289. The monoisotopic (exact) mass is 248 g/mol. The summed E-state index contributed by atoms with van der Waals surface area (Å²) in [6.45, 7) is 0. The Morgan fingerprint density at radius 2 is 1.82 bits per heavy atom. The molecule has 3 rings (SSSR count). The highest BCUT2D eigenvalue weighted by atomic mass is 35.5. The van der Waals surface area contributed by atoms with Gasteiger partial charge in [-0.1, -0.05) is 56.4 Å². The highest BCUT2D eigenvalue weighted by Gasteiger charge is 2.32. The number of halogens is 1. The van der Waals surface area contributed by atoms with Crippen molar-refractivity contribution < 1.29 is 0 Å². The van der Waals surface area contributed by atoms with E-state index in [4.69, 9.17) is 11.6 Å². The smallest absolute Gasteiger partial charge is 0.0619 e. The summed E-state index contributed by atoms with van der Waals surface area (Å²) < 4.78 is 0. The predicted molar refractivity (Wildman–Crippen MR) is 73.4 cm³/mol. The zero-order valence-corrected chi connectivity index (χ0v) is 11.1. The second kappa shape index (κ2) is 5.02. The number of benzene rings is 1. The first-order valence-corrected chi connectivity index (χ1v) is 7.50. The first kappa shape index (κ1) is 11.6. The molecule has 0 nitrogen and oxygen atoms in total. The van der Waals surface area contributed by atoms with Crippen LogP contribution in [0, 0.1) is 11.8 Å². The van der Waals surface area contributed by atoms with Crippen molar-refractivity contribution in [3.63, 3.8) is 0 Å². The molecule has 2 aliphatic rings. The van der Waals surface area contributed by atoms with Crippen molar-refractivity contribution >= 4 is 11.6 Å². The molecule has 2 unspecified atom stereocenters. The van der Waals surface area contributed by atoms with Crippen LogP contribution in [0.15, 0.2) is 24.3 Å². The normalized spacial score (nSPS) is 29.2. The van der Waals surface area contributed by atoms with Crippen LogP contribution in [0.25, 0.3) is 0 Å². The van der Waals surface area contributed by atoms with Crippen molar-refractivity contribution in [2.45, 2.75) is 50.3 Å². The van der Waals surface area contributed by atoms with Gasteiger partial charge < -0.3 is 0 Å². The zero-order chi connectivity index (χ0) is 11.7. The van der Waals surface area contributed by atoms with E-state index in [0.717, 1.165) is 5.92 Å². The fourth-order valence-electron chi connectivity index (χ4n) is 3.68. The molecule has 0 aromatic heterocycles. The van der Waals surface area contributed by atoms with E-state index in [9.17, 15) is 0 Å². The molecule has 1 aromatic carbocycles. The summed E-state index contributed by atoms with van der Waals surface area (Å²) in [5.74, 6) is 1.64. The first-order chi connectivity index (χ1) is 8.34. The van der Waals surface area contributed by atoms with Gasteiger partial charge in [-0.2, -0.15) is 0 Å². The van der Waals surface area contributed by atoms with Crippen LogP contribution in [0.2, 0.25) is 0 Å². The lowest BCUT2D eigenvalue weighted by Gasteiger charge is -2.25. The number of hydrogen-bond acceptors (Lipinski definition) is 0. The molecular weight excluding hydrogens is 228 g/mol. The van der Waals surface area contributed by atoms with Crippen molar-refractivity contribution in [2.24, 2.45) is 11.8 Å². The van der Waals surface area contributed by atoms with Crippen LogP contribution < -0.4 is 0 Å². The van der Waals surface area contributed by atoms with E-state index in [1.807, 2.05) is 0 Å². The molecule has 0 N–H and O–H groups in total. The molecule has 0 spiro atoms. The second-order valence-electron chi connectivity index (χ2n) is 5.80. The van der Waals surface area contributed by atoms with Crippen molar-refractivity contribution in [3.05, 3.63) is 35.4 Å². The molecule has 0 heterocycles. The summed E-state index contributed by atoms with van der Waals surface area (Å²) in [4.78, 5) is 0. The Morgan fingerprint density at radius 1 is 1.06 bits per heavy atom. The van der Waals surface area contributed by atoms with E-state index in [1.165, 1.54) is 56.1 Å². The lowest BCUT2D eigenvalue weighted by Crippen LogP contribution is -2.13. The summed E-state index contributed by atoms with van der Waals surface area (Å²) in [5.41, 5.74) is 2.89. The molecule has 92 valence electrons. The Hall–Kier alpha value is -0.490. The van der Waals surface area contributed by atoms with E-state index in [-0.39, 0.29) is 5.38 Å². The Labute approximate surface area is 109 Å². The van der Waals surface area contributed by atoms with Crippen LogP contribution in [0.5, 0.6) is 0 Å². The van der Waals surface area contributed by atoms with Crippen LogP contribution in [-0.4, -0.2) is 0 Å².